The van der Waals surface area contributed by atoms with Gasteiger partial charge in [-0.15, -0.1) is 0 Å². The fourth-order valence-electron chi connectivity index (χ4n) is 4.99. The van der Waals surface area contributed by atoms with Crippen molar-refractivity contribution < 1.29 is 4.57 Å². The Morgan fingerprint density at radius 3 is 1.97 bits per heavy atom. The van der Waals surface area contributed by atoms with E-state index in [0.29, 0.717) is 0 Å². The van der Waals surface area contributed by atoms with Crippen molar-refractivity contribution in [3.05, 3.63) is 115 Å². The molecular weight excluding hydrogens is 443 g/mol. The number of rotatable bonds is 5. The largest absolute Gasteiger partial charge is 0.319 e. The second-order valence-corrected chi connectivity index (χ2v) is 12.5. The monoisotopic (exact) mass is 472 g/mol. The van der Waals surface area contributed by atoms with Gasteiger partial charge in [-0.3, -0.25) is 0 Å². The quantitative estimate of drug-likeness (QED) is 0.233. The summed E-state index contributed by atoms with van der Waals surface area (Å²) in [6.07, 6.45) is 6.24. The SMILES string of the molecule is C=Cc1c(/C=C\C)c(-c2ccc3ccccc3c2)c2ccccc2c1-c1cccc(P(C)(C)=O)c1. The summed E-state index contributed by atoms with van der Waals surface area (Å²) in [7, 11) is -2.39. The minimum absolute atomic E-state index is 0.889. The molecule has 0 fully saturated rings. The summed E-state index contributed by atoms with van der Waals surface area (Å²) >= 11 is 0. The van der Waals surface area contributed by atoms with E-state index in [1.54, 1.807) is 0 Å². The second kappa shape index (κ2) is 9.17. The van der Waals surface area contributed by atoms with Crippen molar-refractivity contribution in [3.8, 4) is 22.3 Å². The summed E-state index contributed by atoms with van der Waals surface area (Å²) in [5.74, 6) is 0. The van der Waals surface area contributed by atoms with Crippen molar-refractivity contribution in [2.24, 2.45) is 0 Å². The topological polar surface area (TPSA) is 17.1 Å². The summed E-state index contributed by atoms with van der Waals surface area (Å²) in [4.78, 5) is 0. The van der Waals surface area contributed by atoms with Crippen LogP contribution in [0.4, 0.5) is 0 Å². The Hall–Kier alpha value is -3.67. The molecule has 0 aliphatic heterocycles. The smallest absolute Gasteiger partial charge is 0.109 e. The molecule has 0 heterocycles. The molecule has 0 N–H and O–H groups in total. The van der Waals surface area contributed by atoms with E-state index in [1.807, 2.05) is 31.5 Å². The Morgan fingerprint density at radius 2 is 1.31 bits per heavy atom. The maximum atomic E-state index is 12.9. The van der Waals surface area contributed by atoms with Gasteiger partial charge in [-0.05, 0) is 87.3 Å². The van der Waals surface area contributed by atoms with E-state index >= 15 is 0 Å². The number of benzene rings is 5. The number of hydrogen-bond donors (Lipinski definition) is 0. The lowest BCUT2D eigenvalue weighted by atomic mass is 9.83. The first-order chi connectivity index (χ1) is 16.9. The van der Waals surface area contributed by atoms with E-state index in [2.05, 4.69) is 105 Å². The lowest BCUT2D eigenvalue weighted by Gasteiger charge is -2.21. The molecule has 5 rings (SSSR count). The van der Waals surface area contributed by atoms with E-state index in [1.165, 1.54) is 27.3 Å². The van der Waals surface area contributed by atoms with Gasteiger partial charge in [-0.25, -0.2) is 0 Å². The normalized spacial score (nSPS) is 12.0. The fraction of sp³-hybridized carbons (Fsp3) is 0.0909. The second-order valence-electron chi connectivity index (χ2n) is 9.29. The van der Waals surface area contributed by atoms with Gasteiger partial charge >= 0.3 is 0 Å². The molecule has 2 heteroatoms. The maximum absolute atomic E-state index is 12.9. The number of hydrogen-bond acceptors (Lipinski definition) is 1. The van der Waals surface area contributed by atoms with Crippen LogP contribution in [0.2, 0.25) is 0 Å². The average molecular weight is 473 g/mol. The maximum Gasteiger partial charge on any atom is 0.109 e. The first kappa shape index (κ1) is 23.1. The molecule has 0 unspecified atom stereocenters. The van der Waals surface area contributed by atoms with Crippen LogP contribution in [0, 0.1) is 0 Å². The van der Waals surface area contributed by atoms with Crippen molar-refractivity contribution in [1.82, 2.24) is 0 Å². The van der Waals surface area contributed by atoms with E-state index < -0.39 is 7.14 Å². The molecule has 0 saturated carbocycles. The Morgan fingerprint density at radius 1 is 0.686 bits per heavy atom. The summed E-state index contributed by atoms with van der Waals surface area (Å²) < 4.78 is 12.9. The van der Waals surface area contributed by atoms with Gasteiger partial charge in [0.15, 0.2) is 0 Å². The van der Waals surface area contributed by atoms with Crippen LogP contribution in [0.5, 0.6) is 0 Å². The average Bonchev–Trinajstić information content (AvgIpc) is 2.87. The van der Waals surface area contributed by atoms with Crippen LogP contribution in [-0.4, -0.2) is 13.3 Å². The standard InChI is InChI=1S/C33H29OP/c1-5-12-29-28(6-2)32(25-15-11-16-27(22-25)35(3,4)34)30-17-9-10-18-31(30)33(29)26-20-19-23-13-7-8-14-24(23)21-26/h5-22H,2H2,1,3-4H3/b12-5-. The van der Waals surface area contributed by atoms with Crippen LogP contribution < -0.4 is 5.30 Å². The van der Waals surface area contributed by atoms with Gasteiger partial charge in [0, 0.05) is 5.30 Å². The van der Waals surface area contributed by atoms with Crippen LogP contribution in [0.25, 0.3) is 56.0 Å². The molecule has 0 spiro atoms. The summed E-state index contributed by atoms with van der Waals surface area (Å²) in [6.45, 7) is 9.94. The zero-order chi connectivity index (χ0) is 24.6. The zero-order valence-electron chi connectivity index (χ0n) is 20.5. The van der Waals surface area contributed by atoms with E-state index in [4.69, 9.17) is 0 Å². The van der Waals surface area contributed by atoms with Crippen molar-refractivity contribution in [3.63, 3.8) is 0 Å². The van der Waals surface area contributed by atoms with Gasteiger partial charge in [0.2, 0.25) is 0 Å². The van der Waals surface area contributed by atoms with E-state index in [0.717, 1.165) is 32.9 Å². The first-order valence-corrected chi connectivity index (χ1v) is 14.5. The molecule has 0 amide bonds. The van der Waals surface area contributed by atoms with Gasteiger partial charge < -0.3 is 4.57 Å². The highest BCUT2D eigenvalue weighted by Gasteiger charge is 2.20. The van der Waals surface area contributed by atoms with Gasteiger partial charge in [-0.2, -0.15) is 0 Å². The van der Waals surface area contributed by atoms with Crippen LogP contribution >= 0.6 is 7.14 Å². The predicted octanol–water partition coefficient (Wildman–Crippen LogP) is 9.25. The molecule has 0 aromatic heterocycles. The minimum atomic E-state index is -2.39. The molecule has 5 aromatic carbocycles. The Kier molecular flexibility index (Phi) is 6.05. The molecule has 0 atom stereocenters. The molecule has 0 aliphatic carbocycles. The lowest BCUT2D eigenvalue weighted by molar-refractivity contribution is 0.588. The predicted molar refractivity (Wildman–Crippen MR) is 156 cm³/mol. The number of allylic oxidation sites excluding steroid dienone is 1. The van der Waals surface area contributed by atoms with Crippen molar-refractivity contribution in [2.75, 3.05) is 13.3 Å². The summed E-state index contributed by atoms with van der Waals surface area (Å²) in [6, 6.07) is 31.9. The fourth-order valence-corrected chi connectivity index (χ4v) is 5.89. The van der Waals surface area contributed by atoms with E-state index in [-0.39, 0.29) is 0 Å². The van der Waals surface area contributed by atoms with Gasteiger partial charge in [0.1, 0.15) is 7.14 Å². The summed E-state index contributed by atoms with van der Waals surface area (Å²) in [5, 5.41) is 5.70. The summed E-state index contributed by atoms with van der Waals surface area (Å²) in [5.41, 5.74) is 6.81. The molecule has 35 heavy (non-hydrogen) atoms. The Bertz CT molecular complexity index is 1670. The number of fused-ring (bicyclic) bond motifs is 2. The van der Waals surface area contributed by atoms with Gasteiger partial charge in [0.25, 0.3) is 0 Å². The third-order valence-corrected chi connectivity index (χ3v) is 8.15. The molecule has 0 saturated heterocycles. The Balaban J connectivity index is 1.92. The molecular formula is C33H29OP. The minimum Gasteiger partial charge on any atom is -0.319 e. The van der Waals surface area contributed by atoms with Gasteiger partial charge in [-0.1, -0.05) is 104 Å². The molecule has 0 bridgehead atoms. The van der Waals surface area contributed by atoms with Crippen molar-refractivity contribution in [1.29, 1.82) is 0 Å². The van der Waals surface area contributed by atoms with Crippen molar-refractivity contribution in [2.45, 2.75) is 6.92 Å². The third-order valence-electron chi connectivity index (χ3n) is 6.63. The molecule has 0 radical (unpaired) electrons. The molecule has 172 valence electrons. The van der Waals surface area contributed by atoms with Crippen LogP contribution in [-0.2, 0) is 4.57 Å². The highest BCUT2D eigenvalue weighted by Crippen LogP contribution is 2.44. The van der Waals surface area contributed by atoms with Gasteiger partial charge in [0.05, 0.1) is 0 Å². The molecule has 5 aromatic rings. The lowest BCUT2D eigenvalue weighted by Crippen LogP contribution is -2.03. The van der Waals surface area contributed by atoms with E-state index in [9.17, 15) is 4.57 Å². The highest BCUT2D eigenvalue weighted by molar-refractivity contribution is 7.70. The van der Waals surface area contributed by atoms with Crippen LogP contribution in [0.15, 0.2) is 104 Å². The highest BCUT2D eigenvalue weighted by atomic mass is 31.2. The Labute approximate surface area is 207 Å². The van der Waals surface area contributed by atoms with Crippen LogP contribution in [0.1, 0.15) is 18.1 Å². The van der Waals surface area contributed by atoms with Crippen molar-refractivity contribution >= 4 is 46.1 Å². The molecule has 1 nitrogen and oxygen atoms in total. The van der Waals surface area contributed by atoms with Crippen LogP contribution in [0.3, 0.4) is 0 Å². The third kappa shape index (κ3) is 4.18. The first-order valence-electron chi connectivity index (χ1n) is 11.9. The molecule has 0 aliphatic rings. The zero-order valence-corrected chi connectivity index (χ0v) is 21.3.